The minimum absolute atomic E-state index is 0.0195. The van der Waals surface area contributed by atoms with Gasteiger partial charge in [-0.15, -0.1) is 0 Å². The molecule has 0 bridgehead atoms. The predicted octanol–water partition coefficient (Wildman–Crippen LogP) is 2.15. The van der Waals surface area contributed by atoms with Gasteiger partial charge in [0.1, 0.15) is 0 Å². The minimum Gasteiger partial charge on any atom is -0.399 e. The number of nitrogen functional groups attached to an aromatic ring is 1. The molecule has 0 aliphatic heterocycles. The van der Waals surface area contributed by atoms with Crippen molar-refractivity contribution in [1.82, 2.24) is 4.90 Å². The Bertz CT molecular complexity index is 404. The van der Waals surface area contributed by atoms with E-state index in [-0.39, 0.29) is 6.04 Å². The third kappa shape index (κ3) is 2.53. The number of rotatable bonds is 4. The number of benzene rings is 1. The Labute approximate surface area is 96.5 Å². The lowest BCUT2D eigenvalue weighted by atomic mass is 10.1. The van der Waals surface area contributed by atoms with Gasteiger partial charge in [0.15, 0.2) is 0 Å². The molecular formula is C13H17N3. The maximum absolute atomic E-state index is 9.00. The highest BCUT2D eigenvalue weighted by Gasteiger charge is 2.32. The molecule has 0 saturated heterocycles. The van der Waals surface area contributed by atoms with Crippen LogP contribution < -0.4 is 5.73 Å². The molecule has 3 heteroatoms. The summed E-state index contributed by atoms with van der Waals surface area (Å²) in [5.41, 5.74) is 7.73. The second kappa shape index (κ2) is 4.54. The average Bonchev–Trinajstić information content (AvgIpc) is 3.09. The number of nitriles is 1. The third-order valence-corrected chi connectivity index (χ3v) is 3.02. The zero-order chi connectivity index (χ0) is 11.5. The molecule has 3 nitrogen and oxygen atoms in total. The summed E-state index contributed by atoms with van der Waals surface area (Å²) < 4.78 is 0. The molecule has 1 unspecified atom stereocenters. The average molecular weight is 215 g/mol. The predicted molar refractivity (Wildman–Crippen MR) is 64.5 cm³/mol. The Balaban J connectivity index is 2.08. The smallest absolute Gasteiger partial charge is 0.0954 e. The van der Waals surface area contributed by atoms with Gasteiger partial charge in [-0.1, -0.05) is 12.1 Å². The molecule has 2 rings (SSSR count). The lowest BCUT2D eigenvalue weighted by molar-refractivity contribution is 0.226. The van der Waals surface area contributed by atoms with E-state index >= 15 is 0 Å². The van der Waals surface area contributed by atoms with Crippen molar-refractivity contribution >= 4 is 5.69 Å². The first kappa shape index (κ1) is 11.0. The molecule has 84 valence electrons. The van der Waals surface area contributed by atoms with Crippen LogP contribution in [0.5, 0.6) is 0 Å². The largest absolute Gasteiger partial charge is 0.399 e. The normalized spacial score (nSPS) is 17.1. The van der Waals surface area contributed by atoms with Gasteiger partial charge < -0.3 is 5.73 Å². The highest BCUT2D eigenvalue weighted by Crippen LogP contribution is 2.30. The van der Waals surface area contributed by atoms with Crippen LogP contribution in [0.1, 0.15) is 25.3 Å². The first-order valence-corrected chi connectivity index (χ1v) is 5.70. The van der Waals surface area contributed by atoms with E-state index in [9.17, 15) is 0 Å². The van der Waals surface area contributed by atoms with Crippen LogP contribution >= 0.6 is 0 Å². The molecule has 0 amide bonds. The van der Waals surface area contributed by atoms with E-state index in [2.05, 4.69) is 17.0 Å². The van der Waals surface area contributed by atoms with E-state index in [1.807, 2.05) is 25.1 Å². The molecule has 1 fully saturated rings. The number of hydrogen-bond acceptors (Lipinski definition) is 3. The lowest BCUT2D eigenvalue weighted by Crippen LogP contribution is -2.33. The van der Waals surface area contributed by atoms with Crippen molar-refractivity contribution in [1.29, 1.82) is 5.26 Å². The summed E-state index contributed by atoms with van der Waals surface area (Å²) in [6, 6.07) is 10.8. The van der Waals surface area contributed by atoms with Crippen molar-refractivity contribution in [3.05, 3.63) is 29.8 Å². The lowest BCUT2D eigenvalue weighted by Gasteiger charge is -2.24. The van der Waals surface area contributed by atoms with Crippen LogP contribution in [0.4, 0.5) is 5.69 Å². The van der Waals surface area contributed by atoms with Gasteiger partial charge in [0, 0.05) is 18.3 Å². The van der Waals surface area contributed by atoms with Crippen LogP contribution in [0.3, 0.4) is 0 Å². The van der Waals surface area contributed by atoms with E-state index < -0.39 is 0 Å². The molecule has 1 aliphatic rings. The van der Waals surface area contributed by atoms with E-state index in [1.165, 1.54) is 18.4 Å². The SMILES string of the molecule is CC(C#N)N(Cc1cccc(N)c1)C1CC1. The second-order valence-electron chi connectivity index (χ2n) is 4.45. The summed E-state index contributed by atoms with van der Waals surface area (Å²) in [4.78, 5) is 2.26. The Morgan fingerprint density at radius 2 is 2.31 bits per heavy atom. The standard InChI is InChI=1S/C13H17N3/c1-10(8-14)16(13-5-6-13)9-11-3-2-4-12(15)7-11/h2-4,7,10,13H,5-6,9,15H2,1H3. The maximum Gasteiger partial charge on any atom is 0.0954 e. The molecule has 0 radical (unpaired) electrons. The fourth-order valence-electron chi connectivity index (χ4n) is 1.96. The van der Waals surface area contributed by atoms with Gasteiger partial charge >= 0.3 is 0 Å². The molecule has 16 heavy (non-hydrogen) atoms. The van der Waals surface area contributed by atoms with Crippen LogP contribution in [-0.2, 0) is 6.54 Å². The van der Waals surface area contributed by atoms with Crippen molar-refractivity contribution in [3.8, 4) is 6.07 Å². The van der Waals surface area contributed by atoms with E-state index in [1.54, 1.807) is 0 Å². The quantitative estimate of drug-likeness (QED) is 0.783. The summed E-state index contributed by atoms with van der Waals surface area (Å²) in [5.74, 6) is 0. The van der Waals surface area contributed by atoms with Gasteiger partial charge in [-0.2, -0.15) is 5.26 Å². The molecule has 0 heterocycles. The van der Waals surface area contributed by atoms with Gasteiger partial charge in [-0.25, -0.2) is 0 Å². The van der Waals surface area contributed by atoms with Crippen molar-refractivity contribution in [2.24, 2.45) is 0 Å². The number of nitrogens with zero attached hydrogens (tertiary/aromatic N) is 2. The Kier molecular flexibility index (Phi) is 3.12. The van der Waals surface area contributed by atoms with Crippen LogP contribution in [0.2, 0.25) is 0 Å². The highest BCUT2D eigenvalue weighted by molar-refractivity contribution is 5.40. The summed E-state index contributed by atoms with van der Waals surface area (Å²) in [6.45, 7) is 2.79. The zero-order valence-electron chi connectivity index (χ0n) is 9.56. The first-order chi connectivity index (χ1) is 7.70. The van der Waals surface area contributed by atoms with Crippen molar-refractivity contribution in [2.75, 3.05) is 5.73 Å². The number of hydrogen-bond donors (Lipinski definition) is 1. The van der Waals surface area contributed by atoms with Crippen LogP contribution in [-0.4, -0.2) is 17.0 Å². The molecule has 0 spiro atoms. The monoisotopic (exact) mass is 215 g/mol. The van der Waals surface area contributed by atoms with Gasteiger partial charge in [0.2, 0.25) is 0 Å². The molecule has 0 aromatic heterocycles. The molecule has 2 N–H and O–H groups in total. The maximum atomic E-state index is 9.00. The molecule has 1 aromatic rings. The van der Waals surface area contributed by atoms with Gasteiger partial charge in [0.05, 0.1) is 12.1 Å². The topological polar surface area (TPSA) is 53.0 Å². The van der Waals surface area contributed by atoms with Crippen molar-refractivity contribution < 1.29 is 0 Å². The Morgan fingerprint density at radius 1 is 1.56 bits per heavy atom. The second-order valence-corrected chi connectivity index (χ2v) is 4.45. The first-order valence-electron chi connectivity index (χ1n) is 5.70. The van der Waals surface area contributed by atoms with E-state index in [0.717, 1.165) is 12.2 Å². The van der Waals surface area contributed by atoms with Crippen molar-refractivity contribution in [2.45, 2.75) is 38.4 Å². The van der Waals surface area contributed by atoms with Gasteiger partial charge in [0.25, 0.3) is 0 Å². The van der Waals surface area contributed by atoms with Gasteiger partial charge in [-0.05, 0) is 37.5 Å². The molecular weight excluding hydrogens is 198 g/mol. The summed E-state index contributed by atoms with van der Waals surface area (Å²) in [6.07, 6.45) is 2.43. The van der Waals surface area contributed by atoms with Gasteiger partial charge in [-0.3, -0.25) is 4.90 Å². The summed E-state index contributed by atoms with van der Waals surface area (Å²) in [7, 11) is 0. The van der Waals surface area contributed by atoms with Crippen LogP contribution in [0.15, 0.2) is 24.3 Å². The summed E-state index contributed by atoms with van der Waals surface area (Å²) in [5, 5.41) is 9.00. The molecule has 1 saturated carbocycles. The van der Waals surface area contributed by atoms with E-state index in [0.29, 0.717) is 6.04 Å². The van der Waals surface area contributed by atoms with Crippen LogP contribution in [0.25, 0.3) is 0 Å². The Morgan fingerprint density at radius 3 is 2.88 bits per heavy atom. The molecule has 1 aliphatic carbocycles. The molecule has 1 atom stereocenters. The number of anilines is 1. The minimum atomic E-state index is -0.0195. The van der Waals surface area contributed by atoms with Crippen molar-refractivity contribution in [3.63, 3.8) is 0 Å². The molecule has 1 aromatic carbocycles. The highest BCUT2D eigenvalue weighted by atomic mass is 15.2. The fraction of sp³-hybridized carbons (Fsp3) is 0.462. The number of nitrogens with two attached hydrogens (primary N) is 1. The third-order valence-electron chi connectivity index (χ3n) is 3.02. The zero-order valence-corrected chi connectivity index (χ0v) is 9.56. The summed E-state index contributed by atoms with van der Waals surface area (Å²) >= 11 is 0. The fourth-order valence-corrected chi connectivity index (χ4v) is 1.96. The Hall–Kier alpha value is -1.53. The van der Waals surface area contributed by atoms with E-state index in [4.69, 9.17) is 11.0 Å². The van der Waals surface area contributed by atoms with Crippen LogP contribution in [0, 0.1) is 11.3 Å².